The summed E-state index contributed by atoms with van der Waals surface area (Å²) in [5, 5.41) is 3.85. The van der Waals surface area contributed by atoms with E-state index in [0.29, 0.717) is 6.10 Å². The van der Waals surface area contributed by atoms with Gasteiger partial charge in [0.1, 0.15) is 0 Å². The van der Waals surface area contributed by atoms with Crippen LogP contribution in [-0.4, -0.2) is 49.8 Å². The first-order valence-corrected chi connectivity index (χ1v) is 8.44. The molecule has 0 atom stereocenters. The van der Waals surface area contributed by atoms with Gasteiger partial charge in [-0.3, -0.25) is 0 Å². The van der Waals surface area contributed by atoms with Crippen molar-refractivity contribution in [3.63, 3.8) is 0 Å². The first kappa shape index (κ1) is 13.8. The summed E-state index contributed by atoms with van der Waals surface area (Å²) < 4.78 is 5.71. The minimum atomic E-state index is 0.528. The molecule has 2 aliphatic carbocycles. The molecule has 0 bridgehead atoms. The zero-order chi connectivity index (χ0) is 13.1. The van der Waals surface area contributed by atoms with E-state index in [2.05, 4.69) is 17.1 Å². The van der Waals surface area contributed by atoms with Gasteiger partial charge in [-0.25, -0.2) is 0 Å². The van der Waals surface area contributed by atoms with Crippen molar-refractivity contribution in [1.29, 1.82) is 0 Å². The highest BCUT2D eigenvalue weighted by molar-refractivity contribution is 4.96. The summed E-state index contributed by atoms with van der Waals surface area (Å²) in [6, 6.07) is 0.862. The van der Waals surface area contributed by atoms with E-state index in [9.17, 15) is 0 Å². The lowest BCUT2D eigenvalue weighted by atomic mass is 10.1. The maximum Gasteiger partial charge on any atom is 0.0599 e. The van der Waals surface area contributed by atoms with Crippen LogP contribution in [0.3, 0.4) is 0 Å². The summed E-state index contributed by atoms with van der Waals surface area (Å²) in [6.07, 6.45) is 8.90. The lowest BCUT2D eigenvalue weighted by Crippen LogP contribution is -2.43. The number of piperidine rings is 1. The van der Waals surface area contributed by atoms with Gasteiger partial charge in [-0.05, 0) is 57.3 Å². The van der Waals surface area contributed by atoms with Crippen molar-refractivity contribution in [1.82, 2.24) is 10.2 Å². The lowest BCUT2D eigenvalue weighted by Gasteiger charge is -2.32. The second-order valence-electron chi connectivity index (χ2n) is 6.65. The van der Waals surface area contributed by atoms with Gasteiger partial charge in [0.25, 0.3) is 0 Å². The largest absolute Gasteiger partial charge is 0.378 e. The fourth-order valence-corrected chi connectivity index (χ4v) is 3.55. The second-order valence-corrected chi connectivity index (χ2v) is 6.65. The molecule has 0 aromatic carbocycles. The number of nitrogens with zero attached hydrogens (tertiary/aromatic N) is 1. The molecule has 0 aromatic heterocycles. The highest BCUT2D eigenvalue weighted by Gasteiger charge is 2.40. The van der Waals surface area contributed by atoms with E-state index in [0.717, 1.165) is 24.5 Å². The summed E-state index contributed by atoms with van der Waals surface area (Å²) in [7, 11) is 0. The van der Waals surface area contributed by atoms with Crippen LogP contribution in [0, 0.1) is 11.8 Å². The van der Waals surface area contributed by atoms with E-state index < -0.39 is 0 Å². The SMILES string of the molecule is CCOC1CCN(CCNC(C2CC2)C2CC2)CC1. The van der Waals surface area contributed by atoms with Crippen LogP contribution in [0.2, 0.25) is 0 Å². The average Bonchev–Trinajstić information content (AvgIpc) is 3.29. The number of ether oxygens (including phenoxy) is 1. The number of likely N-dealkylation sites (tertiary alicyclic amines) is 1. The summed E-state index contributed by atoms with van der Waals surface area (Å²) in [5.74, 6) is 2.05. The van der Waals surface area contributed by atoms with Crippen LogP contribution >= 0.6 is 0 Å². The minimum absolute atomic E-state index is 0.528. The van der Waals surface area contributed by atoms with Crippen LogP contribution in [0.5, 0.6) is 0 Å². The molecule has 1 N–H and O–H groups in total. The van der Waals surface area contributed by atoms with Crippen LogP contribution in [0.15, 0.2) is 0 Å². The van der Waals surface area contributed by atoms with Crippen molar-refractivity contribution in [2.24, 2.45) is 11.8 Å². The Balaban J connectivity index is 1.30. The smallest absolute Gasteiger partial charge is 0.0599 e. The van der Waals surface area contributed by atoms with Gasteiger partial charge in [0, 0.05) is 38.8 Å². The Morgan fingerprint density at radius 3 is 2.21 bits per heavy atom. The zero-order valence-corrected chi connectivity index (χ0v) is 12.4. The summed E-state index contributed by atoms with van der Waals surface area (Å²) >= 11 is 0. The Morgan fingerprint density at radius 1 is 1.05 bits per heavy atom. The Hall–Kier alpha value is -0.120. The fraction of sp³-hybridized carbons (Fsp3) is 1.00. The molecule has 3 rings (SSSR count). The van der Waals surface area contributed by atoms with Gasteiger partial charge in [-0.2, -0.15) is 0 Å². The molecule has 0 unspecified atom stereocenters. The third-order valence-electron chi connectivity index (χ3n) is 5.00. The molecule has 0 amide bonds. The highest BCUT2D eigenvalue weighted by atomic mass is 16.5. The van der Waals surface area contributed by atoms with E-state index in [1.54, 1.807) is 0 Å². The fourth-order valence-electron chi connectivity index (χ4n) is 3.55. The average molecular weight is 266 g/mol. The molecule has 3 heteroatoms. The third kappa shape index (κ3) is 4.17. The number of hydrogen-bond acceptors (Lipinski definition) is 3. The minimum Gasteiger partial charge on any atom is -0.378 e. The van der Waals surface area contributed by atoms with Crippen LogP contribution < -0.4 is 5.32 Å². The zero-order valence-electron chi connectivity index (χ0n) is 12.4. The topological polar surface area (TPSA) is 24.5 Å². The summed E-state index contributed by atoms with van der Waals surface area (Å²) in [5.41, 5.74) is 0. The van der Waals surface area contributed by atoms with Gasteiger partial charge in [0.05, 0.1) is 6.10 Å². The van der Waals surface area contributed by atoms with E-state index in [4.69, 9.17) is 4.74 Å². The van der Waals surface area contributed by atoms with Gasteiger partial charge >= 0.3 is 0 Å². The van der Waals surface area contributed by atoms with Crippen LogP contribution in [0.1, 0.15) is 45.4 Å². The number of hydrogen-bond donors (Lipinski definition) is 1. The van der Waals surface area contributed by atoms with E-state index in [1.807, 2.05) is 0 Å². The molecule has 0 radical (unpaired) electrons. The third-order valence-corrected chi connectivity index (χ3v) is 5.00. The van der Waals surface area contributed by atoms with Crippen molar-refractivity contribution in [3.05, 3.63) is 0 Å². The highest BCUT2D eigenvalue weighted by Crippen LogP contribution is 2.44. The molecule has 0 aromatic rings. The predicted octanol–water partition coefficient (Wildman–Crippen LogP) is 2.27. The number of rotatable bonds is 8. The maximum absolute atomic E-state index is 5.71. The monoisotopic (exact) mass is 266 g/mol. The predicted molar refractivity (Wildman–Crippen MR) is 78.3 cm³/mol. The first-order valence-electron chi connectivity index (χ1n) is 8.44. The van der Waals surface area contributed by atoms with Crippen LogP contribution in [0.25, 0.3) is 0 Å². The summed E-state index contributed by atoms with van der Waals surface area (Å²) in [4.78, 5) is 2.61. The van der Waals surface area contributed by atoms with Crippen LogP contribution in [0.4, 0.5) is 0 Å². The Kier molecular flexibility index (Phi) is 4.78. The Morgan fingerprint density at radius 2 is 1.68 bits per heavy atom. The van der Waals surface area contributed by atoms with E-state index in [1.165, 1.54) is 64.7 Å². The molecule has 110 valence electrons. The van der Waals surface area contributed by atoms with Crippen molar-refractivity contribution in [2.75, 3.05) is 32.8 Å². The normalized spacial score (nSPS) is 26.2. The molecule has 1 aliphatic heterocycles. The van der Waals surface area contributed by atoms with Crippen molar-refractivity contribution >= 4 is 0 Å². The van der Waals surface area contributed by atoms with Gasteiger partial charge < -0.3 is 15.0 Å². The molecule has 3 fully saturated rings. The molecule has 19 heavy (non-hydrogen) atoms. The standard InChI is InChI=1S/C16H30N2O/c1-2-19-15-7-10-18(11-8-15)12-9-17-16(13-3-4-13)14-5-6-14/h13-17H,2-12H2,1H3. The van der Waals surface area contributed by atoms with Crippen molar-refractivity contribution in [2.45, 2.75) is 57.6 Å². The first-order chi connectivity index (χ1) is 9.36. The molecular formula is C16H30N2O. The quantitative estimate of drug-likeness (QED) is 0.729. The van der Waals surface area contributed by atoms with Crippen LogP contribution in [-0.2, 0) is 4.74 Å². The van der Waals surface area contributed by atoms with Gasteiger partial charge in [0.2, 0.25) is 0 Å². The van der Waals surface area contributed by atoms with Gasteiger partial charge in [-0.15, -0.1) is 0 Å². The summed E-state index contributed by atoms with van der Waals surface area (Å²) in [6.45, 7) is 7.85. The molecule has 1 saturated heterocycles. The van der Waals surface area contributed by atoms with Gasteiger partial charge in [-0.1, -0.05) is 0 Å². The van der Waals surface area contributed by atoms with E-state index >= 15 is 0 Å². The Labute approximate surface area is 118 Å². The molecule has 3 aliphatic rings. The second kappa shape index (κ2) is 6.55. The number of nitrogens with one attached hydrogen (secondary N) is 1. The van der Waals surface area contributed by atoms with E-state index in [-0.39, 0.29) is 0 Å². The van der Waals surface area contributed by atoms with Crippen molar-refractivity contribution < 1.29 is 4.74 Å². The maximum atomic E-state index is 5.71. The molecule has 0 spiro atoms. The van der Waals surface area contributed by atoms with Gasteiger partial charge in [0.15, 0.2) is 0 Å². The van der Waals surface area contributed by atoms with Crippen molar-refractivity contribution in [3.8, 4) is 0 Å². The lowest BCUT2D eigenvalue weighted by molar-refractivity contribution is 0.0144. The molecular weight excluding hydrogens is 236 g/mol. The Bertz CT molecular complexity index is 256. The molecule has 1 heterocycles. The molecule has 2 saturated carbocycles. The molecule has 3 nitrogen and oxygen atoms in total.